The fraction of sp³-hybridized carbons (Fsp3) is 0.267. The van der Waals surface area contributed by atoms with Crippen molar-refractivity contribution < 1.29 is 4.92 Å². The van der Waals surface area contributed by atoms with Crippen LogP contribution in [0.4, 0.5) is 5.69 Å². The minimum Gasteiger partial charge on any atom is -0.261 e. The summed E-state index contributed by atoms with van der Waals surface area (Å²) in [5.41, 5.74) is 3.24. The van der Waals surface area contributed by atoms with Crippen LogP contribution >= 0.6 is 0 Å². The number of non-ortho nitro benzene ring substituents is 1. The van der Waals surface area contributed by atoms with Crippen molar-refractivity contribution in [3.63, 3.8) is 0 Å². The van der Waals surface area contributed by atoms with Crippen molar-refractivity contribution in [2.75, 3.05) is 0 Å². The highest BCUT2D eigenvalue weighted by atomic mass is 16.6. The molecule has 0 N–H and O–H groups in total. The van der Waals surface area contributed by atoms with Crippen LogP contribution in [-0.2, 0) is 6.42 Å². The Bertz CT molecular complexity index is 579. The van der Waals surface area contributed by atoms with Crippen LogP contribution in [0, 0.1) is 17.0 Å². The first kappa shape index (κ1) is 13.2. The van der Waals surface area contributed by atoms with E-state index in [0.29, 0.717) is 0 Å². The predicted octanol–water partition coefficient (Wildman–Crippen LogP) is 3.64. The molecule has 19 heavy (non-hydrogen) atoms. The third-order valence-electron chi connectivity index (χ3n) is 3.14. The topological polar surface area (TPSA) is 56.0 Å². The van der Waals surface area contributed by atoms with Gasteiger partial charge in [-0.25, -0.2) is 0 Å². The summed E-state index contributed by atoms with van der Waals surface area (Å²) in [5.74, 6) is 0.204. The molecule has 0 aliphatic carbocycles. The van der Waals surface area contributed by atoms with Gasteiger partial charge in [0.2, 0.25) is 0 Å². The fourth-order valence-electron chi connectivity index (χ4n) is 2.00. The molecule has 1 atom stereocenters. The van der Waals surface area contributed by atoms with Gasteiger partial charge in [-0.2, -0.15) is 0 Å². The van der Waals surface area contributed by atoms with Crippen molar-refractivity contribution in [3.05, 3.63) is 69.5 Å². The van der Waals surface area contributed by atoms with E-state index >= 15 is 0 Å². The van der Waals surface area contributed by atoms with Gasteiger partial charge in [-0.15, -0.1) is 0 Å². The summed E-state index contributed by atoms with van der Waals surface area (Å²) < 4.78 is 0. The number of hydrogen-bond donors (Lipinski definition) is 0. The molecule has 2 rings (SSSR count). The van der Waals surface area contributed by atoms with Gasteiger partial charge in [0.05, 0.1) is 4.92 Å². The Morgan fingerprint density at radius 3 is 2.74 bits per heavy atom. The molecule has 98 valence electrons. The molecular formula is C15H16N2O2. The highest BCUT2D eigenvalue weighted by Crippen LogP contribution is 2.23. The first-order valence-corrected chi connectivity index (χ1v) is 6.22. The van der Waals surface area contributed by atoms with Crippen LogP contribution in [0.3, 0.4) is 0 Å². The summed E-state index contributed by atoms with van der Waals surface area (Å²) in [6, 6.07) is 10.8. The Labute approximate surface area is 112 Å². The van der Waals surface area contributed by atoms with Crippen molar-refractivity contribution in [2.24, 2.45) is 0 Å². The van der Waals surface area contributed by atoms with E-state index in [1.165, 1.54) is 6.07 Å². The predicted molar refractivity (Wildman–Crippen MR) is 74.2 cm³/mol. The summed E-state index contributed by atoms with van der Waals surface area (Å²) in [5, 5.41) is 10.8. The van der Waals surface area contributed by atoms with Gasteiger partial charge in [-0.3, -0.25) is 15.1 Å². The Morgan fingerprint density at radius 1 is 1.32 bits per heavy atom. The third kappa shape index (κ3) is 3.37. The van der Waals surface area contributed by atoms with Gasteiger partial charge in [0.1, 0.15) is 0 Å². The number of pyridine rings is 1. The number of benzene rings is 1. The van der Waals surface area contributed by atoms with Crippen LogP contribution in [0.1, 0.15) is 29.7 Å². The van der Waals surface area contributed by atoms with Gasteiger partial charge in [-0.05, 0) is 36.5 Å². The second-order valence-corrected chi connectivity index (χ2v) is 4.78. The maximum Gasteiger partial charge on any atom is 0.269 e. The van der Waals surface area contributed by atoms with Crippen LogP contribution in [-0.4, -0.2) is 9.91 Å². The number of nitrogens with zero attached hydrogens (tertiary/aromatic N) is 2. The molecule has 0 aliphatic heterocycles. The van der Waals surface area contributed by atoms with E-state index in [1.807, 2.05) is 31.3 Å². The molecule has 0 bridgehead atoms. The van der Waals surface area contributed by atoms with E-state index in [2.05, 4.69) is 11.9 Å². The number of aryl methyl sites for hydroxylation is 1. The average molecular weight is 256 g/mol. The Hall–Kier alpha value is -2.23. The molecule has 0 saturated carbocycles. The monoisotopic (exact) mass is 256 g/mol. The third-order valence-corrected chi connectivity index (χ3v) is 3.14. The van der Waals surface area contributed by atoms with Gasteiger partial charge in [0.15, 0.2) is 0 Å². The second-order valence-electron chi connectivity index (χ2n) is 4.78. The Morgan fingerprint density at radius 2 is 2.11 bits per heavy atom. The zero-order valence-corrected chi connectivity index (χ0v) is 11.0. The number of hydrogen-bond acceptors (Lipinski definition) is 3. The molecule has 2 aromatic rings. The van der Waals surface area contributed by atoms with Gasteiger partial charge in [0, 0.05) is 24.0 Å². The highest BCUT2D eigenvalue weighted by Gasteiger charge is 2.12. The van der Waals surface area contributed by atoms with Crippen LogP contribution in [0.5, 0.6) is 0 Å². The van der Waals surface area contributed by atoms with E-state index in [1.54, 1.807) is 12.1 Å². The zero-order chi connectivity index (χ0) is 13.8. The summed E-state index contributed by atoms with van der Waals surface area (Å²) in [6.45, 7) is 4.06. The summed E-state index contributed by atoms with van der Waals surface area (Å²) >= 11 is 0. The lowest BCUT2D eigenvalue weighted by Crippen LogP contribution is -2.01. The first-order valence-electron chi connectivity index (χ1n) is 6.22. The number of nitro benzene ring substituents is 1. The molecule has 0 amide bonds. The van der Waals surface area contributed by atoms with E-state index in [0.717, 1.165) is 23.2 Å². The molecule has 0 saturated heterocycles. The molecule has 1 aromatic heterocycles. The van der Waals surface area contributed by atoms with Crippen LogP contribution in [0.15, 0.2) is 42.6 Å². The molecule has 0 spiro atoms. The Kier molecular flexibility index (Phi) is 3.90. The second kappa shape index (κ2) is 5.61. The van der Waals surface area contributed by atoms with Crippen LogP contribution < -0.4 is 0 Å². The lowest BCUT2D eigenvalue weighted by Gasteiger charge is -2.11. The van der Waals surface area contributed by atoms with Gasteiger partial charge < -0.3 is 0 Å². The van der Waals surface area contributed by atoms with Crippen molar-refractivity contribution in [1.82, 2.24) is 4.98 Å². The SMILES string of the molecule is Cc1ccc(CC(C)c2cccc([N+](=O)[O-])c2)nc1. The standard InChI is InChI=1S/C15H16N2O2/c1-11-6-7-14(16-10-11)8-12(2)13-4-3-5-15(9-13)17(18)19/h3-7,9-10,12H,8H2,1-2H3. The van der Waals surface area contributed by atoms with E-state index in [9.17, 15) is 10.1 Å². The van der Waals surface area contributed by atoms with Crippen LogP contribution in [0.25, 0.3) is 0 Å². The van der Waals surface area contributed by atoms with Gasteiger partial charge in [0.25, 0.3) is 5.69 Å². The summed E-state index contributed by atoms with van der Waals surface area (Å²) in [7, 11) is 0. The van der Waals surface area contributed by atoms with Gasteiger partial charge >= 0.3 is 0 Å². The smallest absolute Gasteiger partial charge is 0.261 e. The van der Waals surface area contributed by atoms with E-state index < -0.39 is 0 Å². The molecule has 1 aromatic carbocycles. The van der Waals surface area contributed by atoms with Crippen molar-refractivity contribution in [3.8, 4) is 0 Å². The molecule has 4 nitrogen and oxygen atoms in total. The minimum absolute atomic E-state index is 0.140. The first-order chi connectivity index (χ1) is 9.06. The summed E-state index contributed by atoms with van der Waals surface area (Å²) in [4.78, 5) is 14.8. The van der Waals surface area contributed by atoms with Crippen molar-refractivity contribution in [1.29, 1.82) is 0 Å². The molecule has 1 unspecified atom stereocenters. The number of aromatic nitrogens is 1. The highest BCUT2D eigenvalue weighted by molar-refractivity contribution is 5.36. The molecule has 1 heterocycles. The molecular weight excluding hydrogens is 240 g/mol. The largest absolute Gasteiger partial charge is 0.269 e. The number of nitro groups is 1. The minimum atomic E-state index is -0.361. The maximum absolute atomic E-state index is 10.8. The normalized spacial score (nSPS) is 12.1. The molecule has 0 radical (unpaired) electrons. The van der Waals surface area contributed by atoms with E-state index in [-0.39, 0.29) is 16.5 Å². The lowest BCUT2D eigenvalue weighted by atomic mass is 9.95. The lowest BCUT2D eigenvalue weighted by molar-refractivity contribution is -0.384. The molecule has 0 aliphatic rings. The van der Waals surface area contributed by atoms with Gasteiger partial charge in [-0.1, -0.05) is 25.1 Å². The molecule has 0 fully saturated rings. The van der Waals surface area contributed by atoms with Crippen molar-refractivity contribution in [2.45, 2.75) is 26.2 Å². The number of rotatable bonds is 4. The molecule has 4 heteroatoms. The Balaban J connectivity index is 2.15. The zero-order valence-electron chi connectivity index (χ0n) is 11.0. The fourth-order valence-corrected chi connectivity index (χ4v) is 2.00. The van der Waals surface area contributed by atoms with E-state index in [4.69, 9.17) is 0 Å². The van der Waals surface area contributed by atoms with Crippen LogP contribution in [0.2, 0.25) is 0 Å². The summed E-state index contributed by atoms with van der Waals surface area (Å²) in [6.07, 6.45) is 2.62. The maximum atomic E-state index is 10.8. The quantitative estimate of drug-likeness (QED) is 0.619. The van der Waals surface area contributed by atoms with Crippen molar-refractivity contribution >= 4 is 5.69 Å². The average Bonchev–Trinajstić information content (AvgIpc) is 2.41.